The molecular weight excluding hydrogens is 658 g/mol. The van der Waals surface area contributed by atoms with Gasteiger partial charge in [0.15, 0.2) is 0 Å². The molecule has 1 aliphatic carbocycles. The largest absolute Gasteiger partial charge is 0.251 e. The van der Waals surface area contributed by atoms with Gasteiger partial charge in [-0.2, -0.15) is 0 Å². The van der Waals surface area contributed by atoms with Crippen LogP contribution in [0.5, 0.6) is 0 Å². The fraction of sp³-hybridized carbons (Fsp3) is 0.840. The summed E-state index contributed by atoms with van der Waals surface area (Å²) in [5.41, 5.74) is 0.0555. The molecule has 0 radical (unpaired) electrons. The van der Waals surface area contributed by atoms with E-state index in [0.717, 1.165) is 47.5 Å². The van der Waals surface area contributed by atoms with Crippen molar-refractivity contribution >= 4 is 63.7 Å². The SMILES string of the molecule is FCCCCCCCCCCC1(CCCCCCCCCCF)C(Br)=C(Br)C(Br)=C1Br. The van der Waals surface area contributed by atoms with Gasteiger partial charge >= 0.3 is 0 Å². The number of hydrogen-bond acceptors (Lipinski definition) is 0. The molecule has 1 rings (SSSR count). The standard InChI is InChI=1S/C25H40Br4F2/c26-21-22(27)24(29)25(23(21)28,17-13-9-5-1-3-7-11-15-19-30)18-14-10-6-2-4-8-12-16-20-31/h1-20H2. The summed E-state index contributed by atoms with van der Waals surface area (Å²) in [7, 11) is 0. The minimum atomic E-state index is -0.168. The van der Waals surface area contributed by atoms with E-state index in [9.17, 15) is 8.78 Å². The van der Waals surface area contributed by atoms with E-state index in [1.807, 2.05) is 0 Å². The zero-order valence-corrected chi connectivity index (χ0v) is 25.3. The molecule has 0 heterocycles. The molecule has 0 saturated carbocycles. The second-order valence-corrected chi connectivity index (χ2v) is 12.0. The van der Waals surface area contributed by atoms with Crippen LogP contribution in [-0.2, 0) is 0 Å². The average molecular weight is 698 g/mol. The smallest absolute Gasteiger partial charge is 0.0894 e. The Morgan fingerprint density at radius 3 is 0.968 bits per heavy atom. The Bertz CT molecular complexity index is 498. The van der Waals surface area contributed by atoms with Crippen molar-refractivity contribution < 1.29 is 8.78 Å². The van der Waals surface area contributed by atoms with Gasteiger partial charge in [0.2, 0.25) is 0 Å². The van der Waals surface area contributed by atoms with Gasteiger partial charge in [-0.3, -0.25) is 8.78 Å². The molecule has 1 aliphatic rings. The highest BCUT2D eigenvalue weighted by Crippen LogP contribution is 2.60. The summed E-state index contributed by atoms with van der Waals surface area (Å²) in [5.74, 6) is 0. The zero-order valence-electron chi connectivity index (χ0n) is 18.9. The molecule has 0 aromatic rings. The molecule has 0 amide bonds. The van der Waals surface area contributed by atoms with Gasteiger partial charge in [-0.1, -0.05) is 122 Å². The van der Waals surface area contributed by atoms with Crippen LogP contribution in [0.3, 0.4) is 0 Å². The van der Waals surface area contributed by atoms with Gasteiger partial charge in [0.1, 0.15) is 0 Å². The van der Waals surface area contributed by atoms with Crippen LogP contribution < -0.4 is 0 Å². The van der Waals surface area contributed by atoms with Gasteiger partial charge < -0.3 is 0 Å². The lowest BCUT2D eigenvalue weighted by Crippen LogP contribution is -2.20. The number of halogens is 6. The van der Waals surface area contributed by atoms with Gasteiger partial charge in [-0.25, -0.2) is 0 Å². The Balaban J connectivity index is 2.39. The monoisotopic (exact) mass is 694 g/mol. The van der Waals surface area contributed by atoms with E-state index in [1.165, 1.54) is 86.0 Å². The van der Waals surface area contributed by atoms with Crippen molar-refractivity contribution in [2.45, 2.75) is 116 Å². The molecule has 0 spiro atoms. The van der Waals surface area contributed by atoms with Crippen LogP contribution in [0, 0.1) is 5.41 Å². The lowest BCUT2D eigenvalue weighted by Gasteiger charge is -2.32. The Morgan fingerprint density at radius 1 is 0.419 bits per heavy atom. The predicted octanol–water partition coefficient (Wildman–Crippen LogP) is 11.9. The Labute approximate surface area is 223 Å². The highest BCUT2D eigenvalue weighted by atomic mass is 79.9. The maximum Gasteiger partial charge on any atom is 0.0894 e. The van der Waals surface area contributed by atoms with Crippen molar-refractivity contribution in [3.63, 3.8) is 0 Å². The van der Waals surface area contributed by atoms with Gasteiger partial charge in [0, 0.05) is 23.3 Å². The summed E-state index contributed by atoms with van der Waals surface area (Å²) in [6.45, 7) is -0.336. The van der Waals surface area contributed by atoms with Crippen LogP contribution in [0.15, 0.2) is 17.9 Å². The van der Waals surface area contributed by atoms with Gasteiger partial charge in [0.25, 0.3) is 0 Å². The van der Waals surface area contributed by atoms with E-state index in [1.54, 1.807) is 0 Å². The predicted molar refractivity (Wildman–Crippen MR) is 147 cm³/mol. The van der Waals surface area contributed by atoms with Crippen LogP contribution in [0.4, 0.5) is 8.78 Å². The van der Waals surface area contributed by atoms with E-state index in [4.69, 9.17) is 0 Å². The molecule has 0 aliphatic heterocycles. The summed E-state index contributed by atoms with van der Waals surface area (Å²) in [4.78, 5) is 0. The van der Waals surface area contributed by atoms with Crippen molar-refractivity contribution in [3.05, 3.63) is 17.9 Å². The number of hydrogen-bond donors (Lipinski definition) is 0. The molecule has 0 aromatic carbocycles. The lowest BCUT2D eigenvalue weighted by molar-refractivity contribution is 0.365. The zero-order chi connectivity index (χ0) is 23.0. The van der Waals surface area contributed by atoms with Crippen molar-refractivity contribution in [1.82, 2.24) is 0 Å². The van der Waals surface area contributed by atoms with Crippen LogP contribution in [0.1, 0.15) is 116 Å². The third kappa shape index (κ3) is 11.0. The Kier molecular flexibility index (Phi) is 18.1. The average Bonchev–Trinajstić information content (AvgIpc) is 2.93. The maximum atomic E-state index is 12.1. The number of unbranched alkanes of at least 4 members (excludes halogenated alkanes) is 14. The van der Waals surface area contributed by atoms with Crippen molar-refractivity contribution in [2.75, 3.05) is 13.3 Å². The Hall–Kier alpha value is 1.26. The molecule has 0 bridgehead atoms. The number of alkyl halides is 2. The Morgan fingerprint density at radius 2 is 0.677 bits per heavy atom. The normalized spacial score (nSPS) is 16.1. The fourth-order valence-electron chi connectivity index (χ4n) is 4.44. The van der Waals surface area contributed by atoms with Crippen molar-refractivity contribution in [3.8, 4) is 0 Å². The highest BCUT2D eigenvalue weighted by molar-refractivity contribution is 9.17. The lowest BCUT2D eigenvalue weighted by atomic mass is 9.79. The number of rotatable bonds is 20. The molecule has 31 heavy (non-hydrogen) atoms. The molecule has 0 unspecified atom stereocenters. The summed E-state index contributed by atoms with van der Waals surface area (Å²) >= 11 is 15.3. The first-order chi connectivity index (χ1) is 15.0. The first-order valence-corrected chi connectivity index (χ1v) is 15.4. The molecular formula is C25H40Br4F2. The minimum Gasteiger partial charge on any atom is -0.251 e. The van der Waals surface area contributed by atoms with Crippen molar-refractivity contribution in [2.24, 2.45) is 5.41 Å². The van der Waals surface area contributed by atoms with Crippen LogP contribution in [-0.4, -0.2) is 13.3 Å². The summed E-state index contributed by atoms with van der Waals surface area (Å²) in [5, 5.41) is 0. The van der Waals surface area contributed by atoms with E-state index in [0.29, 0.717) is 0 Å². The molecule has 6 heteroatoms. The molecule has 0 nitrogen and oxygen atoms in total. The molecule has 0 N–H and O–H groups in total. The topological polar surface area (TPSA) is 0 Å². The third-order valence-corrected chi connectivity index (χ3v) is 11.9. The second kappa shape index (κ2) is 18.6. The first kappa shape index (κ1) is 30.3. The van der Waals surface area contributed by atoms with Crippen LogP contribution >= 0.6 is 63.7 Å². The quantitative estimate of drug-likeness (QED) is 0.111. The summed E-state index contributed by atoms with van der Waals surface area (Å²) in [6, 6.07) is 0. The second-order valence-electron chi connectivity index (χ2n) is 8.87. The summed E-state index contributed by atoms with van der Waals surface area (Å²) < 4.78 is 29.1. The maximum absolute atomic E-state index is 12.1. The van der Waals surface area contributed by atoms with E-state index >= 15 is 0 Å². The van der Waals surface area contributed by atoms with E-state index < -0.39 is 0 Å². The van der Waals surface area contributed by atoms with Crippen LogP contribution in [0.2, 0.25) is 0 Å². The van der Waals surface area contributed by atoms with Gasteiger partial charge in [-0.15, -0.1) is 0 Å². The molecule has 0 fully saturated rings. The molecule has 0 aromatic heterocycles. The number of allylic oxidation sites excluding steroid dienone is 4. The molecule has 0 atom stereocenters. The highest BCUT2D eigenvalue weighted by Gasteiger charge is 2.43. The minimum absolute atomic E-state index is 0.0555. The van der Waals surface area contributed by atoms with Gasteiger partial charge in [0.05, 0.1) is 13.3 Å². The summed E-state index contributed by atoms with van der Waals surface area (Å²) in [6.07, 6.45) is 20.7. The van der Waals surface area contributed by atoms with Gasteiger partial charge in [-0.05, 0) is 57.5 Å². The van der Waals surface area contributed by atoms with Crippen LogP contribution in [0.25, 0.3) is 0 Å². The van der Waals surface area contributed by atoms with Crippen molar-refractivity contribution in [1.29, 1.82) is 0 Å². The van der Waals surface area contributed by atoms with E-state index in [2.05, 4.69) is 63.7 Å². The molecule has 0 saturated heterocycles. The molecule has 182 valence electrons. The fourth-order valence-corrected chi connectivity index (χ4v) is 7.98. The first-order valence-electron chi connectivity index (χ1n) is 12.2. The third-order valence-electron chi connectivity index (χ3n) is 6.39. The van der Waals surface area contributed by atoms with E-state index in [-0.39, 0.29) is 18.8 Å².